The Morgan fingerprint density at radius 2 is 1.94 bits per heavy atom. The van der Waals surface area contributed by atoms with Crippen molar-refractivity contribution in [2.75, 3.05) is 0 Å². The van der Waals surface area contributed by atoms with Crippen molar-refractivity contribution in [3.63, 3.8) is 0 Å². The third-order valence-corrected chi connectivity index (χ3v) is 2.69. The Morgan fingerprint density at radius 1 is 1.17 bits per heavy atom. The molecule has 0 bridgehead atoms. The van der Waals surface area contributed by atoms with Gasteiger partial charge in [0.2, 0.25) is 0 Å². The maximum Gasteiger partial charge on any atom is 0.133 e. The van der Waals surface area contributed by atoms with E-state index in [0.29, 0.717) is 11.1 Å². The molecule has 0 fully saturated rings. The van der Waals surface area contributed by atoms with Crippen LogP contribution in [0.25, 0.3) is 17.2 Å². The van der Waals surface area contributed by atoms with E-state index in [0.717, 1.165) is 17.3 Å². The summed E-state index contributed by atoms with van der Waals surface area (Å²) in [5.74, 6) is -1.15. The van der Waals surface area contributed by atoms with Gasteiger partial charge in [0.25, 0.3) is 0 Å². The zero-order valence-electron chi connectivity index (χ0n) is 10.2. The van der Waals surface area contributed by atoms with Crippen molar-refractivity contribution in [3.05, 3.63) is 59.4 Å². The van der Waals surface area contributed by atoms with Crippen LogP contribution < -0.4 is 0 Å². The Bertz CT molecular complexity index is 603. The van der Waals surface area contributed by atoms with Gasteiger partial charge in [-0.3, -0.25) is 4.98 Å². The molecule has 3 heteroatoms. The summed E-state index contributed by atoms with van der Waals surface area (Å²) in [6.45, 7) is 3.82. The average molecular weight is 245 g/mol. The van der Waals surface area contributed by atoms with Crippen molar-refractivity contribution in [1.29, 1.82) is 0 Å². The SMILES string of the molecule is C/C=C\c1ncc(-c2ccc(F)cc2F)cc1C. The van der Waals surface area contributed by atoms with Crippen molar-refractivity contribution in [1.82, 2.24) is 4.98 Å². The third-order valence-electron chi connectivity index (χ3n) is 2.69. The van der Waals surface area contributed by atoms with E-state index in [1.165, 1.54) is 12.1 Å². The number of hydrogen-bond acceptors (Lipinski definition) is 1. The minimum Gasteiger partial charge on any atom is -0.256 e. The van der Waals surface area contributed by atoms with Crippen molar-refractivity contribution in [2.45, 2.75) is 13.8 Å². The van der Waals surface area contributed by atoms with Crippen LogP contribution in [0.15, 0.2) is 36.5 Å². The lowest BCUT2D eigenvalue weighted by Crippen LogP contribution is -1.91. The zero-order chi connectivity index (χ0) is 13.1. The van der Waals surface area contributed by atoms with E-state index in [2.05, 4.69) is 4.98 Å². The van der Waals surface area contributed by atoms with E-state index >= 15 is 0 Å². The molecule has 0 amide bonds. The first-order chi connectivity index (χ1) is 8.61. The number of benzene rings is 1. The molecule has 0 spiro atoms. The van der Waals surface area contributed by atoms with Gasteiger partial charge in [-0.25, -0.2) is 8.78 Å². The Kier molecular flexibility index (Phi) is 3.51. The molecule has 1 aromatic heterocycles. The monoisotopic (exact) mass is 245 g/mol. The summed E-state index contributed by atoms with van der Waals surface area (Å²) in [6, 6.07) is 5.40. The predicted molar refractivity (Wildman–Crippen MR) is 69.0 cm³/mol. The second-order valence-electron chi connectivity index (χ2n) is 4.05. The minimum atomic E-state index is -0.577. The van der Waals surface area contributed by atoms with Gasteiger partial charge in [0.05, 0.1) is 5.69 Å². The zero-order valence-corrected chi connectivity index (χ0v) is 10.2. The van der Waals surface area contributed by atoms with E-state index in [4.69, 9.17) is 0 Å². The fourth-order valence-corrected chi connectivity index (χ4v) is 1.79. The minimum absolute atomic E-state index is 0.360. The van der Waals surface area contributed by atoms with Crippen LogP contribution in [-0.4, -0.2) is 4.98 Å². The van der Waals surface area contributed by atoms with Gasteiger partial charge in [0.15, 0.2) is 0 Å². The van der Waals surface area contributed by atoms with Crippen molar-refractivity contribution >= 4 is 6.08 Å². The Balaban J connectivity index is 2.48. The van der Waals surface area contributed by atoms with E-state index in [-0.39, 0.29) is 0 Å². The quantitative estimate of drug-likeness (QED) is 0.765. The molecule has 0 atom stereocenters. The van der Waals surface area contributed by atoms with E-state index in [9.17, 15) is 8.78 Å². The first-order valence-corrected chi connectivity index (χ1v) is 5.66. The summed E-state index contributed by atoms with van der Waals surface area (Å²) in [5.41, 5.74) is 2.82. The van der Waals surface area contributed by atoms with Crippen molar-refractivity contribution < 1.29 is 8.78 Å². The molecule has 18 heavy (non-hydrogen) atoms. The summed E-state index contributed by atoms with van der Waals surface area (Å²) in [7, 11) is 0. The van der Waals surface area contributed by atoms with Gasteiger partial charge in [0, 0.05) is 23.4 Å². The van der Waals surface area contributed by atoms with Gasteiger partial charge in [-0.2, -0.15) is 0 Å². The lowest BCUT2D eigenvalue weighted by atomic mass is 10.0. The molecule has 0 unspecified atom stereocenters. The lowest BCUT2D eigenvalue weighted by Gasteiger charge is -2.06. The molecule has 1 nitrogen and oxygen atoms in total. The molecular weight excluding hydrogens is 232 g/mol. The number of pyridine rings is 1. The third kappa shape index (κ3) is 2.45. The van der Waals surface area contributed by atoms with Crippen LogP contribution in [-0.2, 0) is 0 Å². The molecule has 1 heterocycles. The van der Waals surface area contributed by atoms with Crippen LogP contribution in [0.5, 0.6) is 0 Å². The molecular formula is C15H13F2N. The van der Waals surface area contributed by atoms with E-state index in [1.807, 2.05) is 32.1 Å². The highest BCUT2D eigenvalue weighted by atomic mass is 19.1. The molecule has 0 aliphatic heterocycles. The summed E-state index contributed by atoms with van der Waals surface area (Å²) >= 11 is 0. The maximum absolute atomic E-state index is 13.6. The Labute approximate surface area is 105 Å². The first-order valence-electron chi connectivity index (χ1n) is 5.66. The standard InChI is InChI=1S/C15H13F2N/c1-3-4-15-10(2)7-11(9-18-15)13-6-5-12(16)8-14(13)17/h3-9H,1-2H3/b4-3-. The van der Waals surface area contributed by atoms with Crippen LogP contribution in [0.3, 0.4) is 0 Å². The summed E-state index contributed by atoms with van der Waals surface area (Å²) in [4.78, 5) is 4.26. The van der Waals surface area contributed by atoms with Gasteiger partial charge < -0.3 is 0 Å². The van der Waals surface area contributed by atoms with E-state index < -0.39 is 11.6 Å². The molecule has 0 saturated heterocycles. The summed E-state index contributed by atoms with van der Waals surface area (Å²) in [6.07, 6.45) is 5.38. The van der Waals surface area contributed by atoms with Gasteiger partial charge in [-0.1, -0.05) is 6.08 Å². The smallest absolute Gasteiger partial charge is 0.133 e. The number of hydrogen-bond donors (Lipinski definition) is 0. The molecule has 92 valence electrons. The second kappa shape index (κ2) is 5.08. The highest BCUT2D eigenvalue weighted by Crippen LogP contribution is 2.24. The van der Waals surface area contributed by atoms with Gasteiger partial charge in [-0.15, -0.1) is 0 Å². The normalized spacial score (nSPS) is 11.1. The highest BCUT2D eigenvalue weighted by Gasteiger charge is 2.08. The maximum atomic E-state index is 13.6. The van der Waals surface area contributed by atoms with Crippen molar-refractivity contribution in [3.8, 4) is 11.1 Å². The number of halogens is 2. The molecule has 2 rings (SSSR count). The van der Waals surface area contributed by atoms with E-state index in [1.54, 1.807) is 6.20 Å². The van der Waals surface area contributed by atoms with Crippen molar-refractivity contribution in [2.24, 2.45) is 0 Å². The fourth-order valence-electron chi connectivity index (χ4n) is 1.79. The van der Waals surface area contributed by atoms with Gasteiger partial charge in [-0.05, 0) is 43.7 Å². The highest BCUT2D eigenvalue weighted by molar-refractivity contribution is 5.65. The molecule has 0 aliphatic carbocycles. The summed E-state index contributed by atoms with van der Waals surface area (Å²) in [5, 5.41) is 0. The second-order valence-corrected chi connectivity index (χ2v) is 4.05. The Morgan fingerprint density at radius 3 is 2.56 bits per heavy atom. The molecule has 0 N–H and O–H groups in total. The molecule has 0 aliphatic rings. The Hall–Kier alpha value is -2.03. The summed E-state index contributed by atoms with van der Waals surface area (Å²) < 4.78 is 26.5. The molecule has 0 radical (unpaired) electrons. The fraction of sp³-hybridized carbons (Fsp3) is 0.133. The average Bonchev–Trinajstić information content (AvgIpc) is 2.32. The molecule has 2 aromatic rings. The van der Waals surface area contributed by atoms with Crippen LogP contribution >= 0.6 is 0 Å². The number of allylic oxidation sites excluding steroid dienone is 1. The topological polar surface area (TPSA) is 12.9 Å². The first kappa shape index (κ1) is 12.4. The molecule has 1 aromatic carbocycles. The predicted octanol–water partition coefficient (Wildman–Crippen LogP) is 4.37. The number of aromatic nitrogens is 1. The lowest BCUT2D eigenvalue weighted by molar-refractivity contribution is 0.585. The number of nitrogens with zero attached hydrogens (tertiary/aromatic N) is 1. The van der Waals surface area contributed by atoms with Gasteiger partial charge in [0.1, 0.15) is 11.6 Å². The largest absolute Gasteiger partial charge is 0.256 e. The van der Waals surface area contributed by atoms with Crippen LogP contribution in [0.1, 0.15) is 18.2 Å². The van der Waals surface area contributed by atoms with Crippen LogP contribution in [0, 0.1) is 18.6 Å². The van der Waals surface area contributed by atoms with Gasteiger partial charge >= 0.3 is 0 Å². The number of aryl methyl sites for hydroxylation is 1. The number of rotatable bonds is 2. The van der Waals surface area contributed by atoms with Crippen LogP contribution in [0.2, 0.25) is 0 Å². The molecule has 0 saturated carbocycles. The van der Waals surface area contributed by atoms with Crippen LogP contribution in [0.4, 0.5) is 8.78 Å².